The van der Waals surface area contributed by atoms with Gasteiger partial charge in [0.1, 0.15) is 17.0 Å². The highest BCUT2D eigenvalue weighted by molar-refractivity contribution is 8.01. The fourth-order valence-electron chi connectivity index (χ4n) is 1.53. The summed E-state index contributed by atoms with van der Waals surface area (Å²) in [6.07, 6.45) is 0. The molecule has 6 heteroatoms. The van der Waals surface area contributed by atoms with Crippen molar-refractivity contribution < 1.29 is 14.3 Å². The Bertz CT molecular complexity index is 425. The number of anilines is 1. The van der Waals surface area contributed by atoms with E-state index in [1.54, 1.807) is 20.3 Å². The lowest BCUT2D eigenvalue weighted by atomic mass is 10.2. The maximum atomic E-state index is 11.1. The third-order valence-corrected chi connectivity index (χ3v) is 3.37. The second kappa shape index (κ2) is 5.18. The van der Waals surface area contributed by atoms with Gasteiger partial charge in [0.2, 0.25) is 5.91 Å². The van der Waals surface area contributed by atoms with Gasteiger partial charge in [-0.05, 0) is 12.1 Å². The van der Waals surface area contributed by atoms with Crippen LogP contribution in [0.15, 0.2) is 18.2 Å². The lowest BCUT2D eigenvalue weighted by Crippen LogP contribution is -2.31. The van der Waals surface area contributed by atoms with E-state index in [0.29, 0.717) is 11.5 Å². The molecule has 1 amide bonds. The number of amides is 1. The first-order chi connectivity index (χ1) is 8.22. The van der Waals surface area contributed by atoms with E-state index in [2.05, 4.69) is 10.6 Å². The van der Waals surface area contributed by atoms with Gasteiger partial charge in [0.15, 0.2) is 0 Å². The van der Waals surface area contributed by atoms with Crippen molar-refractivity contribution in [2.75, 3.05) is 25.3 Å². The quantitative estimate of drug-likeness (QED) is 0.847. The zero-order valence-electron chi connectivity index (χ0n) is 9.65. The SMILES string of the molecule is COc1ccc(NC2NC(=O)CS2)c(OC)c1. The molecule has 1 fully saturated rings. The Hall–Kier alpha value is -1.56. The molecule has 2 N–H and O–H groups in total. The third-order valence-electron chi connectivity index (χ3n) is 2.37. The summed E-state index contributed by atoms with van der Waals surface area (Å²) in [4.78, 5) is 11.1. The van der Waals surface area contributed by atoms with Crippen molar-refractivity contribution in [1.29, 1.82) is 0 Å². The minimum atomic E-state index is -0.107. The molecule has 1 aliphatic heterocycles. The van der Waals surface area contributed by atoms with E-state index >= 15 is 0 Å². The van der Waals surface area contributed by atoms with Crippen molar-refractivity contribution in [2.45, 2.75) is 5.50 Å². The van der Waals surface area contributed by atoms with Crippen LogP contribution in [0.2, 0.25) is 0 Å². The second-order valence-electron chi connectivity index (χ2n) is 3.47. The molecular formula is C11H14N2O3S. The van der Waals surface area contributed by atoms with Crippen LogP contribution >= 0.6 is 11.8 Å². The normalized spacial score (nSPS) is 18.7. The van der Waals surface area contributed by atoms with Crippen LogP contribution < -0.4 is 20.1 Å². The molecule has 0 aliphatic carbocycles. The molecule has 1 aliphatic rings. The Labute approximate surface area is 104 Å². The summed E-state index contributed by atoms with van der Waals surface area (Å²) in [5.41, 5.74) is 0.720. The number of hydrogen-bond acceptors (Lipinski definition) is 5. The molecular weight excluding hydrogens is 240 g/mol. The van der Waals surface area contributed by atoms with Gasteiger partial charge in [-0.2, -0.15) is 0 Å². The average molecular weight is 254 g/mol. The van der Waals surface area contributed by atoms with Crippen LogP contribution in [-0.2, 0) is 4.79 Å². The van der Waals surface area contributed by atoms with Crippen LogP contribution in [0.25, 0.3) is 0 Å². The Morgan fingerprint density at radius 3 is 2.82 bits per heavy atom. The van der Waals surface area contributed by atoms with Gasteiger partial charge >= 0.3 is 0 Å². The Morgan fingerprint density at radius 1 is 1.41 bits per heavy atom. The van der Waals surface area contributed by atoms with Gasteiger partial charge in [0, 0.05) is 6.07 Å². The molecule has 0 radical (unpaired) electrons. The first kappa shape index (κ1) is 11.9. The Kier molecular flexibility index (Phi) is 3.63. The monoisotopic (exact) mass is 254 g/mol. The second-order valence-corrected chi connectivity index (χ2v) is 4.56. The van der Waals surface area contributed by atoms with E-state index in [-0.39, 0.29) is 11.4 Å². The van der Waals surface area contributed by atoms with Crippen LogP contribution in [0, 0.1) is 0 Å². The highest BCUT2D eigenvalue weighted by atomic mass is 32.2. The maximum absolute atomic E-state index is 11.1. The number of thioether (sulfide) groups is 1. The first-order valence-corrected chi connectivity index (χ1v) is 6.17. The standard InChI is InChI=1S/C11H14N2O3S/c1-15-7-3-4-8(9(5-7)16-2)12-11-13-10(14)6-17-11/h3-5,11-12H,6H2,1-2H3,(H,13,14). The topological polar surface area (TPSA) is 59.6 Å². The van der Waals surface area contributed by atoms with Crippen LogP contribution in [0.3, 0.4) is 0 Å². The molecule has 0 saturated carbocycles. The van der Waals surface area contributed by atoms with Crippen molar-refractivity contribution in [1.82, 2.24) is 5.32 Å². The van der Waals surface area contributed by atoms with Crippen LogP contribution in [0.1, 0.15) is 0 Å². The molecule has 1 unspecified atom stereocenters. The summed E-state index contributed by atoms with van der Waals surface area (Å²) in [6, 6.07) is 5.50. The third kappa shape index (κ3) is 2.76. The van der Waals surface area contributed by atoms with E-state index in [9.17, 15) is 4.79 Å². The molecule has 1 aromatic rings. The zero-order valence-corrected chi connectivity index (χ0v) is 10.5. The molecule has 0 spiro atoms. The Morgan fingerprint density at radius 2 is 2.24 bits per heavy atom. The van der Waals surface area contributed by atoms with Gasteiger partial charge < -0.3 is 20.1 Å². The molecule has 1 aromatic carbocycles. The molecule has 5 nitrogen and oxygen atoms in total. The average Bonchev–Trinajstić information content (AvgIpc) is 2.75. The Balaban J connectivity index is 2.12. The fraction of sp³-hybridized carbons (Fsp3) is 0.364. The molecule has 92 valence electrons. The van der Waals surface area contributed by atoms with E-state index in [1.165, 1.54) is 11.8 Å². The number of carbonyl (C=O) groups is 1. The maximum Gasteiger partial charge on any atom is 0.232 e. The van der Waals surface area contributed by atoms with Crippen molar-refractivity contribution >= 4 is 23.4 Å². The van der Waals surface area contributed by atoms with Crippen LogP contribution in [0.5, 0.6) is 11.5 Å². The van der Waals surface area contributed by atoms with Crippen LogP contribution in [-0.4, -0.2) is 31.4 Å². The fourth-order valence-corrected chi connectivity index (χ4v) is 2.35. The lowest BCUT2D eigenvalue weighted by molar-refractivity contribution is -0.118. The molecule has 0 aromatic heterocycles. The van der Waals surface area contributed by atoms with E-state index in [0.717, 1.165) is 11.4 Å². The number of benzene rings is 1. The lowest BCUT2D eigenvalue weighted by Gasteiger charge is -2.16. The number of hydrogen-bond donors (Lipinski definition) is 2. The predicted octanol–water partition coefficient (Wildman–Crippen LogP) is 1.26. The first-order valence-electron chi connectivity index (χ1n) is 5.12. The highest BCUT2D eigenvalue weighted by Crippen LogP contribution is 2.31. The van der Waals surface area contributed by atoms with Crippen molar-refractivity contribution in [2.24, 2.45) is 0 Å². The van der Waals surface area contributed by atoms with Crippen molar-refractivity contribution in [3.05, 3.63) is 18.2 Å². The molecule has 1 heterocycles. The van der Waals surface area contributed by atoms with Gasteiger partial charge in [-0.1, -0.05) is 0 Å². The van der Waals surface area contributed by atoms with E-state index < -0.39 is 0 Å². The molecule has 2 rings (SSSR count). The minimum absolute atomic E-state index is 0.0416. The largest absolute Gasteiger partial charge is 0.497 e. The molecule has 1 atom stereocenters. The van der Waals surface area contributed by atoms with Gasteiger partial charge in [-0.3, -0.25) is 4.79 Å². The number of methoxy groups -OCH3 is 2. The van der Waals surface area contributed by atoms with Gasteiger partial charge in [0.25, 0.3) is 0 Å². The summed E-state index contributed by atoms with van der Waals surface area (Å²) in [7, 11) is 3.20. The van der Waals surface area contributed by atoms with Crippen molar-refractivity contribution in [3.63, 3.8) is 0 Å². The number of ether oxygens (including phenoxy) is 2. The van der Waals surface area contributed by atoms with Gasteiger partial charge in [0.05, 0.1) is 25.7 Å². The predicted molar refractivity (Wildman–Crippen MR) is 67.6 cm³/mol. The van der Waals surface area contributed by atoms with Gasteiger partial charge in [-0.15, -0.1) is 11.8 Å². The summed E-state index contributed by atoms with van der Waals surface area (Å²) < 4.78 is 10.4. The summed E-state index contributed by atoms with van der Waals surface area (Å²) >= 11 is 1.52. The minimum Gasteiger partial charge on any atom is -0.497 e. The van der Waals surface area contributed by atoms with Crippen molar-refractivity contribution in [3.8, 4) is 11.5 Å². The smallest absolute Gasteiger partial charge is 0.232 e. The van der Waals surface area contributed by atoms with Gasteiger partial charge in [-0.25, -0.2) is 0 Å². The number of rotatable bonds is 4. The molecule has 17 heavy (non-hydrogen) atoms. The highest BCUT2D eigenvalue weighted by Gasteiger charge is 2.21. The van der Waals surface area contributed by atoms with Crippen LogP contribution in [0.4, 0.5) is 5.69 Å². The molecule has 1 saturated heterocycles. The summed E-state index contributed by atoms with van der Waals surface area (Å²) in [5, 5.41) is 6.00. The molecule has 0 bridgehead atoms. The summed E-state index contributed by atoms with van der Waals surface area (Å²) in [6.45, 7) is 0. The van der Waals surface area contributed by atoms with E-state index in [1.807, 2.05) is 12.1 Å². The summed E-state index contributed by atoms with van der Waals surface area (Å²) in [5.74, 6) is 1.94. The zero-order chi connectivity index (χ0) is 12.3. The number of nitrogens with one attached hydrogen (secondary N) is 2. The van der Waals surface area contributed by atoms with E-state index in [4.69, 9.17) is 9.47 Å². The number of carbonyl (C=O) groups excluding carboxylic acids is 1.